The van der Waals surface area contributed by atoms with Gasteiger partial charge in [0.15, 0.2) is 0 Å². The largest absolute Gasteiger partial charge is 0.487 e. The third-order valence-corrected chi connectivity index (χ3v) is 3.71. The standard InChI is InChI=1S/C18H13N3O7/c22-16(23)10-1-3-14(4-2-10)21-8-13(19-20-21)9-28-15-6-11(17(24)25)5-12(7-15)18(26)27/h1-8H,9H2,(H,22,23)(H,24,25)(H,26,27). The third kappa shape index (κ3) is 4.12. The summed E-state index contributed by atoms with van der Waals surface area (Å²) in [6.45, 7) is -0.0741. The molecule has 3 aromatic rings. The second kappa shape index (κ2) is 7.58. The van der Waals surface area contributed by atoms with Gasteiger partial charge in [-0.1, -0.05) is 5.21 Å². The Morgan fingerprint density at radius 2 is 1.43 bits per heavy atom. The van der Waals surface area contributed by atoms with Crippen LogP contribution in [0.5, 0.6) is 5.75 Å². The molecule has 0 amide bonds. The van der Waals surface area contributed by atoms with E-state index in [1.807, 2.05) is 0 Å². The van der Waals surface area contributed by atoms with Gasteiger partial charge in [-0.05, 0) is 42.5 Å². The van der Waals surface area contributed by atoms with E-state index in [0.717, 1.165) is 6.07 Å². The number of hydrogen-bond donors (Lipinski definition) is 3. The van der Waals surface area contributed by atoms with Gasteiger partial charge in [0, 0.05) is 0 Å². The van der Waals surface area contributed by atoms with Crippen molar-refractivity contribution in [3.8, 4) is 11.4 Å². The van der Waals surface area contributed by atoms with Gasteiger partial charge in [0.1, 0.15) is 18.1 Å². The van der Waals surface area contributed by atoms with Crippen LogP contribution in [0.3, 0.4) is 0 Å². The van der Waals surface area contributed by atoms with E-state index in [4.69, 9.17) is 20.1 Å². The van der Waals surface area contributed by atoms with Crippen LogP contribution < -0.4 is 4.74 Å². The van der Waals surface area contributed by atoms with E-state index in [1.165, 1.54) is 28.9 Å². The van der Waals surface area contributed by atoms with Crippen LogP contribution in [-0.4, -0.2) is 48.2 Å². The molecule has 0 unspecified atom stereocenters. The summed E-state index contributed by atoms with van der Waals surface area (Å²) < 4.78 is 6.87. The lowest BCUT2D eigenvalue weighted by Gasteiger charge is -2.07. The Balaban J connectivity index is 1.75. The van der Waals surface area contributed by atoms with Gasteiger partial charge in [0.05, 0.1) is 28.6 Å². The summed E-state index contributed by atoms with van der Waals surface area (Å²) in [6, 6.07) is 9.46. The van der Waals surface area contributed by atoms with E-state index in [2.05, 4.69) is 10.3 Å². The fraction of sp³-hybridized carbons (Fsp3) is 0.0556. The molecule has 0 aliphatic heterocycles. The number of nitrogens with zero attached hydrogens (tertiary/aromatic N) is 3. The van der Waals surface area contributed by atoms with Crippen molar-refractivity contribution in [2.45, 2.75) is 6.61 Å². The molecule has 0 atom stereocenters. The van der Waals surface area contributed by atoms with Crippen LogP contribution in [0.1, 0.15) is 36.8 Å². The lowest BCUT2D eigenvalue weighted by molar-refractivity contribution is 0.0681. The molecule has 3 N–H and O–H groups in total. The van der Waals surface area contributed by atoms with Crippen LogP contribution in [0, 0.1) is 0 Å². The van der Waals surface area contributed by atoms with Crippen molar-refractivity contribution in [2.75, 3.05) is 0 Å². The van der Waals surface area contributed by atoms with Gasteiger partial charge >= 0.3 is 17.9 Å². The first kappa shape index (κ1) is 18.6. The zero-order chi connectivity index (χ0) is 20.3. The van der Waals surface area contributed by atoms with Gasteiger partial charge < -0.3 is 20.1 Å². The fourth-order valence-corrected chi connectivity index (χ4v) is 2.33. The molecule has 0 bridgehead atoms. The van der Waals surface area contributed by atoms with E-state index < -0.39 is 17.9 Å². The van der Waals surface area contributed by atoms with Gasteiger partial charge in [-0.25, -0.2) is 19.1 Å². The first-order valence-corrected chi connectivity index (χ1v) is 7.83. The minimum absolute atomic E-state index is 0.0673. The average molecular weight is 383 g/mol. The quantitative estimate of drug-likeness (QED) is 0.555. The Morgan fingerprint density at radius 3 is 1.96 bits per heavy atom. The fourth-order valence-electron chi connectivity index (χ4n) is 2.33. The molecule has 0 saturated carbocycles. The molecule has 2 aromatic carbocycles. The van der Waals surface area contributed by atoms with Crippen molar-refractivity contribution < 1.29 is 34.4 Å². The van der Waals surface area contributed by atoms with Crippen molar-refractivity contribution in [2.24, 2.45) is 0 Å². The summed E-state index contributed by atoms with van der Waals surface area (Å²) in [5, 5.41) is 34.9. The maximum Gasteiger partial charge on any atom is 0.335 e. The molecule has 10 heteroatoms. The van der Waals surface area contributed by atoms with Crippen LogP contribution in [0.15, 0.2) is 48.7 Å². The van der Waals surface area contributed by atoms with Crippen LogP contribution in [-0.2, 0) is 6.61 Å². The Bertz CT molecular complexity index is 1030. The summed E-state index contributed by atoms with van der Waals surface area (Å²) in [7, 11) is 0. The predicted octanol–water partition coefficient (Wildman–Crippen LogP) is 1.94. The molecular weight excluding hydrogens is 370 g/mol. The summed E-state index contributed by atoms with van der Waals surface area (Å²) >= 11 is 0. The highest BCUT2D eigenvalue weighted by Crippen LogP contribution is 2.19. The van der Waals surface area contributed by atoms with Crippen molar-refractivity contribution in [3.63, 3.8) is 0 Å². The number of benzene rings is 2. The van der Waals surface area contributed by atoms with Gasteiger partial charge in [-0.15, -0.1) is 5.10 Å². The molecular formula is C18H13N3O7. The number of ether oxygens (including phenoxy) is 1. The summed E-state index contributed by atoms with van der Waals surface area (Å²) in [4.78, 5) is 33.1. The number of carboxylic acid groups (broad SMARTS) is 3. The minimum Gasteiger partial charge on any atom is -0.487 e. The molecule has 0 radical (unpaired) electrons. The number of aromatic carboxylic acids is 3. The second-order valence-corrected chi connectivity index (χ2v) is 5.65. The summed E-state index contributed by atoms with van der Waals surface area (Å²) in [6.07, 6.45) is 1.55. The number of rotatable bonds is 7. The molecule has 0 spiro atoms. The molecule has 28 heavy (non-hydrogen) atoms. The zero-order valence-corrected chi connectivity index (χ0v) is 14.1. The normalized spacial score (nSPS) is 10.4. The van der Waals surface area contributed by atoms with E-state index in [1.54, 1.807) is 18.3 Å². The smallest absolute Gasteiger partial charge is 0.335 e. The predicted molar refractivity (Wildman–Crippen MR) is 93.0 cm³/mol. The second-order valence-electron chi connectivity index (χ2n) is 5.65. The van der Waals surface area contributed by atoms with Gasteiger partial charge in [-0.2, -0.15) is 0 Å². The van der Waals surface area contributed by atoms with Crippen molar-refractivity contribution in [1.82, 2.24) is 15.0 Å². The number of aromatic nitrogens is 3. The van der Waals surface area contributed by atoms with Crippen molar-refractivity contribution in [1.29, 1.82) is 0 Å². The number of carboxylic acids is 3. The lowest BCUT2D eigenvalue weighted by atomic mass is 10.1. The molecule has 1 heterocycles. The molecule has 10 nitrogen and oxygen atoms in total. The van der Waals surface area contributed by atoms with Gasteiger partial charge in [0.25, 0.3) is 0 Å². The lowest BCUT2D eigenvalue weighted by Crippen LogP contribution is -2.04. The first-order valence-electron chi connectivity index (χ1n) is 7.83. The Kier molecular flexibility index (Phi) is 5.03. The third-order valence-electron chi connectivity index (χ3n) is 3.71. The van der Waals surface area contributed by atoms with E-state index >= 15 is 0 Å². The average Bonchev–Trinajstić information content (AvgIpc) is 3.15. The van der Waals surface area contributed by atoms with E-state index in [9.17, 15) is 14.4 Å². The Hall–Kier alpha value is -4.21. The first-order chi connectivity index (χ1) is 13.3. The van der Waals surface area contributed by atoms with Gasteiger partial charge in [-0.3, -0.25) is 0 Å². The van der Waals surface area contributed by atoms with E-state index in [0.29, 0.717) is 11.4 Å². The topological polar surface area (TPSA) is 152 Å². The number of carbonyl (C=O) groups is 3. The maximum absolute atomic E-state index is 11.1. The summed E-state index contributed by atoms with van der Waals surface area (Å²) in [5.41, 5.74) is 0.707. The Morgan fingerprint density at radius 1 is 0.857 bits per heavy atom. The van der Waals surface area contributed by atoms with Crippen LogP contribution in [0.2, 0.25) is 0 Å². The highest BCUT2D eigenvalue weighted by molar-refractivity contribution is 5.94. The molecule has 3 rings (SSSR count). The SMILES string of the molecule is O=C(O)c1ccc(-n2cc(COc3cc(C(=O)O)cc(C(=O)O)c3)nn2)cc1. The molecule has 142 valence electrons. The molecule has 1 aromatic heterocycles. The molecule has 0 aliphatic carbocycles. The molecule has 0 fully saturated rings. The van der Waals surface area contributed by atoms with Crippen LogP contribution in [0.25, 0.3) is 5.69 Å². The van der Waals surface area contributed by atoms with Crippen molar-refractivity contribution in [3.05, 3.63) is 71.0 Å². The van der Waals surface area contributed by atoms with Crippen LogP contribution in [0.4, 0.5) is 0 Å². The van der Waals surface area contributed by atoms with Crippen LogP contribution >= 0.6 is 0 Å². The van der Waals surface area contributed by atoms with E-state index in [-0.39, 0.29) is 29.0 Å². The highest BCUT2D eigenvalue weighted by atomic mass is 16.5. The Labute approximate surface area is 157 Å². The highest BCUT2D eigenvalue weighted by Gasteiger charge is 2.13. The monoisotopic (exact) mass is 383 g/mol. The number of hydrogen-bond acceptors (Lipinski definition) is 6. The minimum atomic E-state index is -1.27. The zero-order valence-electron chi connectivity index (χ0n) is 14.1. The van der Waals surface area contributed by atoms with Gasteiger partial charge in [0.2, 0.25) is 0 Å². The molecule has 0 saturated heterocycles. The summed E-state index contributed by atoms with van der Waals surface area (Å²) in [5.74, 6) is -3.52. The van der Waals surface area contributed by atoms with Crippen molar-refractivity contribution >= 4 is 17.9 Å². The maximum atomic E-state index is 11.1. The molecule has 0 aliphatic rings.